The number of halogens is 1. The van der Waals surface area contributed by atoms with Crippen LogP contribution in [0.1, 0.15) is 47.9 Å². The van der Waals surface area contributed by atoms with E-state index in [2.05, 4.69) is 5.32 Å². The second-order valence-corrected chi connectivity index (χ2v) is 10.3. The second-order valence-electron chi connectivity index (χ2n) is 9.88. The van der Waals surface area contributed by atoms with Crippen molar-refractivity contribution in [2.24, 2.45) is 0 Å². The van der Waals surface area contributed by atoms with Crippen molar-refractivity contribution in [2.45, 2.75) is 64.6 Å². The van der Waals surface area contributed by atoms with Crippen LogP contribution in [0.4, 0.5) is 0 Å². The third kappa shape index (κ3) is 7.59. The SMILES string of the molecule is Cc1ccc(OCC(=O)N(Cc2ccc(Cl)cc2)C(Cc2ccccc2)C(=O)NC2CCCC2)cc1C. The van der Waals surface area contributed by atoms with Gasteiger partial charge in [0.1, 0.15) is 11.8 Å². The van der Waals surface area contributed by atoms with Crippen molar-refractivity contribution in [2.75, 3.05) is 6.61 Å². The monoisotopic (exact) mass is 518 g/mol. The van der Waals surface area contributed by atoms with Crippen molar-refractivity contribution < 1.29 is 14.3 Å². The van der Waals surface area contributed by atoms with Gasteiger partial charge in [-0.2, -0.15) is 0 Å². The van der Waals surface area contributed by atoms with E-state index in [-0.39, 0.29) is 31.0 Å². The van der Waals surface area contributed by atoms with Gasteiger partial charge in [0.15, 0.2) is 6.61 Å². The summed E-state index contributed by atoms with van der Waals surface area (Å²) in [6.45, 7) is 4.18. The maximum Gasteiger partial charge on any atom is 0.261 e. The molecule has 0 saturated heterocycles. The Morgan fingerprint density at radius 3 is 2.32 bits per heavy atom. The van der Waals surface area contributed by atoms with Crippen LogP contribution < -0.4 is 10.1 Å². The molecule has 2 amide bonds. The predicted molar refractivity (Wildman–Crippen MR) is 148 cm³/mol. The van der Waals surface area contributed by atoms with Gasteiger partial charge in [0.2, 0.25) is 5.91 Å². The first-order valence-electron chi connectivity index (χ1n) is 13.0. The van der Waals surface area contributed by atoms with Crippen LogP contribution in [0.15, 0.2) is 72.8 Å². The first kappa shape index (κ1) is 26.7. The molecule has 5 nitrogen and oxygen atoms in total. The summed E-state index contributed by atoms with van der Waals surface area (Å²) in [5.41, 5.74) is 4.16. The molecule has 0 heterocycles. The number of carbonyl (C=O) groups excluding carboxylic acids is 2. The zero-order valence-electron chi connectivity index (χ0n) is 21.6. The van der Waals surface area contributed by atoms with Gasteiger partial charge in [-0.05, 0) is 73.2 Å². The summed E-state index contributed by atoms with van der Waals surface area (Å²) in [6, 6.07) is 22.5. The standard InChI is InChI=1S/C31H35ClN2O3/c1-22-12-17-28(18-23(22)2)37-21-30(35)34(20-25-13-15-26(32)16-14-25)29(19-24-8-4-3-5-9-24)31(36)33-27-10-6-7-11-27/h3-5,8-9,12-18,27,29H,6-7,10-11,19-21H2,1-2H3,(H,33,36). The molecule has 0 aromatic heterocycles. The summed E-state index contributed by atoms with van der Waals surface area (Å²) in [5.74, 6) is 0.276. The Morgan fingerprint density at radius 1 is 0.946 bits per heavy atom. The molecule has 1 fully saturated rings. The molecule has 3 aromatic rings. The number of amides is 2. The fourth-order valence-electron chi connectivity index (χ4n) is 4.74. The highest BCUT2D eigenvalue weighted by atomic mass is 35.5. The molecule has 194 valence electrons. The minimum Gasteiger partial charge on any atom is -0.484 e. The molecule has 0 radical (unpaired) electrons. The van der Waals surface area contributed by atoms with Crippen LogP contribution in [0.25, 0.3) is 0 Å². The molecule has 3 aromatic carbocycles. The van der Waals surface area contributed by atoms with Crippen LogP contribution in [-0.4, -0.2) is 35.4 Å². The van der Waals surface area contributed by atoms with E-state index in [4.69, 9.17) is 16.3 Å². The minimum absolute atomic E-state index is 0.121. The van der Waals surface area contributed by atoms with Crippen LogP contribution in [0.5, 0.6) is 5.75 Å². The lowest BCUT2D eigenvalue weighted by Gasteiger charge is -2.32. The van der Waals surface area contributed by atoms with E-state index >= 15 is 0 Å². The smallest absolute Gasteiger partial charge is 0.261 e. The Bertz CT molecular complexity index is 1190. The highest BCUT2D eigenvalue weighted by molar-refractivity contribution is 6.30. The van der Waals surface area contributed by atoms with E-state index in [1.807, 2.05) is 74.5 Å². The van der Waals surface area contributed by atoms with Crippen LogP contribution in [-0.2, 0) is 22.6 Å². The Hall–Kier alpha value is -3.31. The molecule has 4 rings (SSSR count). The lowest BCUT2D eigenvalue weighted by atomic mass is 10.0. The number of nitrogens with zero attached hydrogens (tertiary/aromatic N) is 1. The van der Waals surface area contributed by atoms with Crippen LogP contribution >= 0.6 is 11.6 Å². The van der Waals surface area contributed by atoms with E-state index < -0.39 is 6.04 Å². The van der Waals surface area contributed by atoms with E-state index in [1.165, 1.54) is 0 Å². The molecule has 0 spiro atoms. The predicted octanol–water partition coefficient (Wildman–Crippen LogP) is 6.03. The van der Waals surface area contributed by atoms with Gasteiger partial charge in [-0.25, -0.2) is 0 Å². The van der Waals surface area contributed by atoms with Crippen molar-refractivity contribution in [1.82, 2.24) is 10.2 Å². The molecule has 37 heavy (non-hydrogen) atoms. The largest absolute Gasteiger partial charge is 0.484 e. The van der Waals surface area contributed by atoms with Crippen LogP contribution in [0.3, 0.4) is 0 Å². The van der Waals surface area contributed by atoms with Crippen LogP contribution in [0, 0.1) is 13.8 Å². The van der Waals surface area contributed by atoms with Gasteiger partial charge in [0.25, 0.3) is 5.91 Å². The number of benzene rings is 3. The van der Waals surface area contributed by atoms with Gasteiger partial charge in [-0.1, -0.05) is 73.0 Å². The lowest BCUT2D eigenvalue weighted by Crippen LogP contribution is -2.53. The summed E-state index contributed by atoms with van der Waals surface area (Å²) in [7, 11) is 0. The van der Waals surface area contributed by atoms with Crippen molar-refractivity contribution in [3.05, 3.63) is 100 Å². The molecule has 6 heteroatoms. The van der Waals surface area contributed by atoms with Crippen molar-refractivity contribution in [3.8, 4) is 5.75 Å². The third-order valence-electron chi connectivity index (χ3n) is 7.08. The summed E-state index contributed by atoms with van der Waals surface area (Å²) >= 11 is 6.10. The van der Waals surface area contributed by atoms with Gasteiger partial charge >= 0.3 is 0 Å². The molecular formula is C31H35ClN2O3. The van der Waals surface area contributed by atoms with E-state index in [0.29, 0.717) is 17.2 Å². The van der Waals surface area contributed by atoms with Crippen molar-refractivity contribution in [3.63, 3.8) is 0 Å². The highest BCUT2D eigenvalue weighted by Crippen LogP contribution is 2.21. The number of rotatable bonds is 10. The molecule has 1 unspecified atom stereocenters. The molecule has 0 aliphatic heterocycles. The molecule has 0 bridgehead atoms. The summed E-state index contributed by atoms with van der Waals surface area (Å²) < 4.78 is 5.91. The third-order valence-corrected chi connectivity index (χ3v) is 7.33. The van der Waals surface area contributed by atoms with Gasteiger partial charge < -0.3 is 15.0 Å². The zero-order chi connectivity index (χ0) is 26.2. The Balaban J connectivity index is 1.60. The van der Waals surface area contributed by atoms with E-state index in [9.17, 15) is 9.59 Å². The molecule has 1 N–H and O–H groups in total. The Morgan fingerprint density at radius 2 is 1.65 bits per heavy atom. The first-order chi connectivity index (χ1) is 17.9. The molecule has 1 aliphatic rings. The van der Waals surface area contributed by atoms with Crippen molar-refractivity contribution in [1.29, 1.82) is 0 Å². The van der Waals surface area contributed by atoms with E-state index in [1.54, 1.807) is 17.0 Å². The number of aryl methyl sites for hydroxylation is 2. The number of nitrogens with one attached hydrogen (secondary N) is 1. The number of hydrogen-bond acceptors (Lipinski definition) is 3. The van der Waals surface area contributed by atoms with Crippen LogP contribution in [0.2, 0.25) is 5.02 Å². The molecule has 1 atom stereocenters. The molecule has 1 saturated carbocycles. The summed E-state index contributed by atoms with van der Waals surface area (Å²) in [6.07, 6.45) is 4.61. The summed E-state index contributed by atoms with van der Waals surface area (Å²) in [4.78, 5) is 29.0. The Kier molecular flexibility index (Phi) is 9.24. The number of carbonyl (C=O) groups is 2. The molecule has 1 aliphatic carbocycles. The summed E-state index contributed by atoms with van der Waals surface area (Å²) in [5, 5.41) is 3.85. The average molecular weight is 519 g/mol. The Labute approximate surface area is 224 Å². The fourth-order valence-corrected chi connectivity index (χ4v) is 4.87. The zero-order valence-corrected chi connectivity index (χ0v) is 22.3. The number of ether oxygens (including phenoxy) is 1. The maximum atomic E-state index is 13.7. The molecular weight excluding hydrogens is 484 g/mol. The first-order valence-corrected chi connectivity index (χ1v) is 13.3. The highest BCUT2D eigenvalue weighted by Gasteiger charge is 2.32. The lowest BCUT2D eigenvalue weighted by molar-refractivity contribution is -0.143. The van der Waals surface area contributed by atoms with Gasteiger partial charge in [-0.15, -0.1) is 0 Å². The number of hydrogen-bond donors (Lipinski definition) is 1. The average Bonchev–Trinajstić information content (AvgIpc) is 3.41. The second kappa shape index (κ2) is 12.8. The van der Waals surface area contributed by atoms with Gasteiger partial charge in [-0.3, -0.25) is 9.59 Å². The van der Waals surface area contributed by atoms with Gasteiger partial charge in [0.05, 0.1) is 0 Å². The maximum absolute atomic E-state index is 13.7. The normalized spacial score (nSPS) is 14.2. The van der Waals surface area contributed by atoms with Crippen molar-refractivity contribution >= 4 is 23.4 Å². The van der Waals surface area contributed by atoms with E-state index in [0.717, 1.165) is 47.9 Å². The minimum atomic E-state index is -0.672. The topological polar surface area (TPSA) is 58.6 Å². The van der Waals surface area contributed by atoms with Gasteiger partial charge in [0, 0.05) is 24.0 Å². The quantitative estimate of drug-likeness (QED) is 0.356. The fraction of sp³-hybridized carbons (Fsp3) is 0.355.